The Kier molecular flexibility index (Phi) is 6.59. The van der Waals surface area contributed by atoms with Crippen LogP contribution >= 0.6 is 0 Å². The quantitative estimate of drug-likeness (QED) is 0.467. The fraction of sp³-hybridized carbons (Fsp3) is 0.217. The highest BCUT2D eigenvalue weighted by molar-refractivity contribution is 5.55. The summed E-state index contributed by atoms with van der Waals surface area (Å²) >= 11 is 0. The zero-order chi connectivity index (χ0) is 25.2. The van der Waals surface area contributed by atoms with Gasteiger partial charge in [0.15, 0.2) is 5.60 Å². The lowest BCUT2D eigenvalue weighted by Crippen LogP contribution is -2.55. The topological polar surface area (TPSA) is 73.2 Å². The number of hydrogen-bond acceptors (Lipinski definition) is 7. The average molecular weight is 493 g/mol. The molecule has 0 fully saturated rings. The molecule has 1 aromatic heterocycles. The van der Waals surface area contributed by atoms with Gasteiger partial charge in [0.25, 0.3) is 0 Å². The van der Waals surface area contributed by atoms with Crippen LogP contribution in [0.1, 0.15) is 16.8 Å². The molecule has 1 aliphatic rings. The number of ether oxygens (including phenoxy) is 1. The van der Waals surface area contributed by atoms with Gasteiger partial charge >= 0.3 is 5.92 Å². The van der Waals surface area contributed by atoms with Gasteiger partial charge in [-0.05, 0) is 42.0 Å². The van der Waals surface area contributed by atoms with Crippen LogP contribution in [-0.2, 0) is 18.1 Å². The second-order valence-electron chi connectivity index (χ2n) is 7.84. The van der Waals surface area contributed by atoms with Crippen molar-refractivity contribution in [2.45, 2.75) is 18.1 Å². The Morgan fingerprint density at radius 1 is 1.00 bits per heavy atom. The molecule has 12 heteroatoms. The number of nitrogens with zero attached hydrogens (tertiary/aromatic N) is 4. The molecule has 0 amide bonds. The molecule has 1 atom stereocenters. The van der Waals surface area contributed by atoms with Crippen LogP contribution in [0.25, 0.3) is 0 Å². The lowest BCUT2D eigenvalue weighted by atomic mass is 9.84. The molecule has 2 heterocycles. The van der Waals surface area contributed by atoms with Crippen LogP contribution in [-0.4, -0.2) is 40.1 Å². The Balaban J connectivity index is 1.61. The molecule has 184 valence electrons. The van der Waals surface area contributed by atoms with Gasteiger partial charge in [0, 0.05) is 18.7 Å². The lowest BCUT2D eigenvalue weighted by molar-refractivity contribution is -0.207. The van der Waals surface area contributed by atoms with E-state index in [4.69, 9.17) is 4.74 Å². The fourth-order valence-corrected chi connectivity index (χ4v) is 3.49. The van der Waals surface area contributed by atoms with E-state index >= 15 is 8.78 Å². The van der Waals surface area contributed by atoms with Crippen molar-refractivity contribution >= 4 is 6.34 Å². The molecule has 4 rings (SSSR count). The fourth-order valence-electron chi connectivity index (χ4n) is 3.49. The summed E-state index contributed by atoms with van der Waals surface area (Å²) in [5.74, 6) is -6.75. The lowest BCUT2D eigenvalue weighted by Gasteiger charge is -2.38. The number of pyridine rings is 1. The first-order chi connectivity index (χ1) is 16.6. The number of hydrogen-bond donors (Lipinski definition) is 2. The zero-order valence-electron chi connectivity index (χ0n) is 18.3. The molecule has 0 aliphatic carbocycles. The summed E-state index contributed by atoms with van der Waals surface area (Å²) in [5, 5.41) is 17.3. The van der Waals surface area contributed by atoms with Crippen LogP contribution in [0.2, 0.25) is 0 Å². The minimum absolute atomic E-state index is 0.0376. The predicted octanol–water partition coefficient (Wildman–Crippen LogP) is 3.67. The van der Waals surface area contributed by atoms with Gasteiger partial charge in [-0.2, -0.15) is 8.78 Å². The van der Waals surface area contributed by atoms with Crippen molar-refractivity contribution in [3.05, 3.63) is 95.1 Å². The summed E-state index contributed by atoms with van der Waals surface area (Å²) in [5.41, 5.74) is -1.67. The Morgan fingerprint density at radius 2 is 1.71 bits per heavy atom. The van der Waals surface area contributed by atoms with Crippen molar-refractivity contribution in [3.63, 3.8) is 0 Å². The standard InChI is InChI=1S/C23H20F5N5O2/c1-32-30-14-33(31-32)13-22(34,19-8-6-17(25)10-20(19)26)23(27,28)21-9-7-18(11-29-21)35-12-15-2-4-16(24)5-3-15/h2-11,14,31,34H,12-13H2,1H3. The van der Waals surface area contributed by atoms with Gasteiger partial charge in [-0.1, -0.05) is 12.1 Å². The summed E-state index contributed by atoms with van der Waals surface area (Å²) in [4.78, 5) is 3.73. The predicted molar refractivity (Wildman–Crippen MR) is 115 cm³/mol. The molecule has 0 radical (unpaired) electrons. The third-order valence-electron chi connectivity index (χ3n) is 5.31. The van der Waals surface area contributed by atoms with Crippen molar-refractivity contribution in [2.24, 2.45) is 5.10 Å². The van der Waals surface area contributed by atoms with E-state index in [1.54, 1.807) is 0 Å². The second-order valence-corrected chi connectivity index (χ2v) is 7.84. The molecule has 0 saturated heterocycles. The van der Waals surface area contributed by atoms with E-state index in [1.165, 1.54) is 42.5 Å². The first kappa shape index (κ1) is 24.4. The highest BCUT2D eigenvalue weighted by Crippen LogP contribution is 2.46. The van der Waals surface area contributed by atoms with Crippen LogP contribution in [0.15, 0.2) is 65.9 Å². The number of hydrazone groups is 1. The van der Waals surface area contributed by atoms with E-state index < -0.39 is 46.8 Å². The van der Waals surface area contributed by atoms with Crippen LogP contribution in [0.3, 0.4) is 0 Å². The van der Waals surface area contributed by atoms with Gasteiger partial charge in [-0.3, -0.25) is 9.99 Å². The van der Waals surface area contributed by atoms with Crippen molar-refractivity contribution in [3.8, 4) is 5.75 Å². The summed E-state index contributed by atoms with van der Waals surface area (Å²) < 4.78 is 78.1. The molecule has 0 spiro atoms. The van der Waals surface area contributed by atoms with Crippen molar-refractivity contribution in [2.75, 3.05) is 13.6 Å². The van der Waals surface area contributed by atoms with Gasteiger partial charge in [0.05, 0.1) is 12.7 Å². The first-order valence-electron chi connectivity index (χ1n) is 10.3. The molecule has 1 aliphatic heterocycles. The Labute approximate surface area is 197 Å². The average Bonchev–Trinajstić information content (AvgIpc) is 3.23. The number of aromatic nitrogens is 1. The van der Waals surface area contributed by atoms with E-state index in [0.717, 1.165) is 35.7 Å². The Hall–Kier alpha value is -3.77. The molecule has 2 aromatic carbocycles. The molecule has 0 bridgehead atoms. The van der Waals surface area contributed by atoms with E-state index in [9.17, 15) is 18.3 Å². The summed E-state index contributed by atoms with van der Waals surface area (Å²) in [6.07, 6.45) is 2.15. The smallest absolute Gasteiger partial charge is 0.323 e. The number of β-amino-alcohol motifs (C(OH)–C–C–N with tert-alkyl or cyclic N) is 1. The number of hydrazine groups is 2. The maximum atomic E-state index is 15.8. The first-order valence-corrected chi connectivity index (χ1v) is 10.3. The minimum atomic E-state index is -4.14. The third-order valence-corrected chi connectivity index (χ3v) is 5.31. The molecule has 35 heavy (non-hydrogen) atoms. The second kappa shape index (κ2) is 9.47. The van der Waals surface area contributed by atoms with Crippen LogP contribution in [0, 0.1) is 17.5 Å². The van der Waals surface area contributed by atoms with E-state index in [2.05, 4.69) is 15.6 Å². The SMILES string of the molecule is CN1N=CN(CC(O)(c2ccc(F)cc2F)C(F)(F)c2ccc(OCc3ccc(F)cc3)cn2)N1. The highest BCUT2D eigenvalue weighted by atomic mass is 19.3. The number of alkyl halides is 2. The minimum Gasteiger partial charge on any atom is -0.487 e. The highest BCUT2D eigenvalue weighted by Gasteiger charge is 2.58. The van der Waals surface area contributed by atoms with Crippen molar-refractivity contribution in [1.82, 2.24) is 20.6 Å². The van der Waals surface area contributed by atoms with Gasteiger partial charge in [-0.25, -0.2) is 18.3 Å². The largest absolute Gasteiger partial charge is 0.487 e. The van der Waals surface area contributed by atoms with Gasteiger partial charge in [0.1, 0.15) is 41.8 Å². The molecule has 7 nitrogen and oxygen atoms in total. The van der Waals surface area contributed by atoms with E-state index in [-0.39, 0.29) is 12.4 Å². The van der Waals surface area contributed by atoms with Crippen molar-refractivity contribution in [1.29, 1.82) is 0 Å². The number of aliphatic hydroxyl groups is 1. The zero-order valence-corrected chi connectivity index (χ0v) is 18.3. The summed E-state index contributed by atoms with van der Waals surface area (Å²) in [6.45, 7) is -0.823. The molecule has 0 saturated carbocycles. The van der Waals surface area contributed by atoms with Gasteiger partial charge < -0.3 is 9.84 Å². The molecule has 1 unspecified atom stereocenters. The van der Waals surface area contributed by atoms with Gasteiger partial charge in [0.2, 0.25) is 0 Å². The van der Waals surface area contributed by atoms with Gasteiger partial charge in [-0.15, -0.1) is 10.6 Å². The molecule has 3 aromatic rings. The Morgan fingerprint density at radius 3 is 2.31 bits per heavy atom. The molecular weight excluding hydrogens is 473 g/mol. The normalized spacial score (nSPS) is 15.4. The number of nitrogens with one attached hydrogen (secondary N) is 1. The number of halogens is 5. The monoisotopic (exact) mass is 493 g/mol. The molecular formula is C23H20F5N5O2. The molecule has 2 N–H and O–H groups in total. The number of benzene rings is 2. The van der Waals surface area contributed by atoms with Crippen LogP contribution in [0.5, 0.6) is 5.75 Å². The third kappa shape index (κ3) is 5.03. The van der Waals surface area contributed by atoms with E-state index in [0.29, 0.717) is 11.6 Å². The van der Waals surface area contributed by atoms with Crippen LogP contribution < -0.4 is 10.3 Å². The van der Waals surface area contributed by atoms with E-state index in [1.807, 2.05) is 0 Å². The Bertz CT molecular complexity index is 1210. The number of rotatable bonds is 8. The van der Waals surface area contributed by atoms with Crippen LogP contribution in [0.4, 0.5) is 22.0 Å². The summed E-state index contributed by atoms with van der Waals surface area (Å²) in [7, 11) is 1.48. The maximum absolute atomic E-state index is 15.8. The van der Waals surface area contributed by atoms with Crippen molar-refractivity contribution < 1.29 is 31.8 Å². The summed E-state index contributed by atoms with van der Waals surface area (Å²) in [6, 6.07) is 9.63. The maximum Gasteiger partial charge on any atom is 0.323 e.